The second-order valence-electron chi connectivity index (χ2n) is 7.39. The van der Waals surface area contributed by atoms with Gasteiger partial charge in [0.1, 0.15) is 11.5 Å². The number of benzene rings is 3. The molecular formula is C25H28N2O5S. The number of ether oxygens (including phenoxy) is 2. The molecule has 7 nitrogen and oxygen atoms in total. The molecule has 8 heteroatoms. The topological polar surface area (TPSA) is 84.9 Å². The van der Waals surface area contributed by atoms with E-state index < -0.39 is 10.0 Å². The Kier molecular flexibility index (Phi) is 7.60. The maximum Gasteiger partial charge on any atom is 0.264 e. The first-order valence-electron chi connectivity index (χ1n) is 10.5. The predicted molar refractivity (Wildman–Crippen MR) is 129 cm³/mol. The van der Waals surface area contributed by atoms with Crippen molar-refractivity contribution in [3.63, 3.8) is 0 Å². The van der Waals surface area contributed by atoms with Gasteiger partial charge in [-0.2, -0.15) is 0 Å². The van der Waals surface area contributed by atoms with Crippen LogP contribution in [0.25, 0.3) is 0 Å². The highest BCUT2D eigenvalue weighted by Crippen LogP contribution is 2.24. The average Bonchev–Trinajstić information content (AvgIpc) is 2.84. The van der Waals surface area contributed by atoms with E-state index in [1.165, 1.54) is 30.6 Å². The van der Waals surface area contributed by atoms with Crippen LogP contribution in [0, 0.1) is 0 Å². The van der Waals surface area contributed by atoms with Crippen molar-refractivity contribution in [2.45, 2.75) is 24.8 Å². The van der Waals surface area contributed by atoms with Gasteiger partial charge in [-0.25, -0.2) is 8.42 Å². The lowest BCUT2D eigenvalue weighted by molar-refractivity contribution is 0.0940. The van der Waals surface area contributed by atoms with Gasteiger partial charge in [-0.3, -0.25) is 9.10 Å². The van der Waals surface area contributed by atoms with E-state index >= 15 is 0 Å². The van der Waals surface area contributed by atoms with Gasteiger partial charge >= 0.3 is 0 Å². The first-order valence-corrected chi connectivity index (χ1v) is 12.0. The Morgan fingerprint density at radius 3 is 2.06 bits per heavy atom. The smallest absolute Gasteiger partial charge is 0.264 e. The zero-order valence-electron chi connectivity index (χ0n) is 19.1. The number of anilines is 1. The molecule has 0 fully saturated rings. The standard InChI is InChI=1S/C25H28N2O5S/c1-5-32-23-12-8-19(9-13-23)18(2)26-25(28)20-6-10-21(11-7-20)27(3)33(29,30)24-16-14-22(31-4)15-17-24/h6-18H,5H2,1-4H3,(H,26,28)/t18-/m1/s1. The van der Waals surface area contributed by atoms with E-state index in [1.807, 2.05) is 38.1 Å². The minimum absolute atomic E-state index is 0.150. The largest absolute Gasteiger partial charge is 0.497 e. The Labute approximate surface area is 195 Å². The normalized spacial score (nSPS) is 12.0. The Morgan fingerprint density at radius 2 is 1.52 bits per heavy atom. The maximum absolute atomic E-state index is 12.9. The van der Waals surface area contributed by atoms with E-state index in [0.717, 1.165) is 11.3 Å². The molecule has 1 N–H and O–H groups in total. The highest BCUT2D eigenvalue weighted by molar-refractivity contribution is 7.92. The summed E-state index contributed by atoms with van der Waals surface area (Å²) in [5.41, 5.74) is 1.84. The van der Waals surface area contributed by atoms with Crippen molar-refractivity contribution >= 4 is 21.6 Å². The van der Waals surface area contributed by atoms with Gasteiger partial charge in [0.2, 0.25) is 0 Å². The number of nitrogens with one attached hydrogen (secondary N) is 1. The summed E-state index contributed by atoms with van der Waals surface area (Å²) < 4.78 is 37.5. The van der Waals surface area contributed by atoms with Crippen molar-refractivity contribution < 1.29 is 22.7 Å². The van der Waals surface area contributed by atoms with Crippen molar-refractivity contribution in [1.82, 2.24) is 5.32 Å². The van der Waals surface area contributed by atoms with Crippen LogP contribution < -0.4 is 19.1 Å². The van der Waals surface area contributed by atoms with Crippen LogP contribution in [0.1, 0.15) is 35.8 Å². The fourth-order valence-corrected chi connectivity index (χ4v) is 4.45. The summed E-state index contributed by atoms with van der Waals surface area (Å²) in [6, 6.07) is 20.0. The first kappa shape index (κ1) is 24.1. The summed E-state index contributed by atoms with van der Waals surface area (Å²) in [5.74, 6) is 1.11. The van der Waals surface area contributed by atoms with Gasteiger partial charge < -0.3 is 14.8 Å². The van der Waals surface area contributed by atoms with Gasteiger partial charge in [0.25, 0.3) is 15.9 Å². The van der Waals surface area contributed by atoms with E-state index in [-0.39, 0.29) is 16.8 Å². The molecule has 0 aliphatic heterocycles. The lowest BCUT2D eigenvalue weighted by Gasteiger charge is -2.20. The maximum atomic E-state index is 12.9. The minimum atomic E-state index is -3.75. The third kappa shape index (κ3) is 5.64. The van der Waals surface area contributed by atoms with Crippen LogP contribution in [0.5, 0.6) is 11.5 Å². The van der Waals surface area contributed by atoms with Crippen LogP contribution >= 0.6 is 0 Å². The van der Waals surface area contributed by atoms with Crippen LogP contribution in [-0.4, -0.2) is 35.1 Å². The van der Waals surface area contributed by atoms with Crippen LogP contribution in [0.3, 0.4) is 0 Å². The molecule has 0 bridgehead atoms. The van der Waals surface area contributed by atoms with Crippen LogP contribution in [-0.2, 0) is 10.0 Å². The van der Waals surface area contributed by atoms with Crippen LogP contribution in [0.15, 0.2) is 77.7 Å². The third-order valence-corrected chi connectivity index (χ3v) is 7.05. The number of carbonyl (C=O) groups is 1. The van der Waals surface area contributed by atoms with Crippen molar-refractivity contribution in [3.8, 4) is 11.5 Å². The summed E-state index contributed by atoms with van der Waals surface area (Å²) in [4.78, 5) is 12.8. The molecular weight excluding hydrogens is 440 g/mol. The van der Waals surface area contributed by atoms with Crippen molar-refractivity contribution in [1.29, 1.82) is 0 Å². The highest BCUT2D eigenvalue weighted by Gasteiger charge is 2.22. The third-order valence-electron chi connectivity index (χ3n) is 5.25. The van der Waals surface area contributed by atoms with Crippen molar-refractivity contribution in [3.05, 3.63) is 83.9 Å². The molecule has 0 aliphatic carbocycles. The average molecular weight is 469 g/mol. The highest BCUT2D eigenvalue weighted by atomic mass is 32.2. The Morgan fingerprint density at radius 1 is 0.939 bits per heavy atom. The molecule has 0 unspecified atom stereocenters. The number of nitrogens with zero attached hydrogens (tertiary/aromatic N) is 1. The van der Waals surface area contributed by atoms with E-state index in [9.17, 15) is 13.2 Å². The lowest BCUT2D eigenvalue weighted by Crippen LogP contribution is -2.28. The number of hydrogen-bond donors (Lipinski definition) is 1. The lowest BCUT2D eigenvalue weighted by atomic mass is 10.1. The molecule has 33 heavy (non-hydrogen) atoms. The van der Waals surface area contributed by atoms with Gasteiger partial charge in [0, 0.05) is 12.6 Å². The van der Waals surface area contributed by atoms with Crippen LogP contribution in [0.4, 0.5) is 5.69 Å². The zero-order valence-corrected chi connectivity index (χ0v) is 19.9. The SMILES string of the molecule is CCOc1ccc([C@@H](C)NC(=O)c2ccc(N(C)S(=O)(=O)c3ccc(OC)cc3)cc2)cc1. The zero-order chi connectivity index (χ0) is 24.0. The number of rotatable bonds is 9. The van der Waals surface area contributed by atoms with E-state index in [1.54, 1.807) is 36.4 Å². The molecule has 0 saturated carbocycles. The minimum Gasteiger partial charge on any atom is -0.497 e. The summed E-state index contributed by atoms with van der Waals surface area (Å²) in [5, 5.41) is 2.96. The molecule has 3 aromatic carbocycles. The number of methoxy groups -OCH3 is 1. The molecule has 1 atom stereocenters. The van der Waals surface area contributed by atoms with E-state index in [2.05, 4.69) is 5.32 Å². The molecule has 0 radical (unpaired) electrons. The molecule has 0 saturated heterocycles. The van der Waals surface area contributed by atoms with Gasteiger partial charge in [0.15, 0.2) is 0 Å². The molecule has 0 heterocycles. The molecule has 0 spiro atoms. The van der Waals surface area contributed by atoms with Gasteiger partial charge in [-0.05, 0) is 80.1 Å². The van der Waals surface area contributed by atoms with Gasteiger partial charge in [-0.1, -0.05) is 12.1 Å². The number of sulfonamides is 1. The number of carbonyl (C=O) groups excluding carboxylic acids is 1. The summed E-state index contributed by atoms with van der Waals surface area (Å²) in [6.45, 7) is 4.42. The van der Waals surface area contributed by atoms with Crippen LogP contribution in [0.2, 0.25) is 0 Å². The van der Waals surface area contributed by atoms with E-state index in [4.69, 9.17) is 9.47 Å². The quantitative estimate of drug-likeness (QED) is 0.503. The van der Waals surface area contributed by atoms with Gasteiger partial charge in [-0.15, -0.1) is 0 Å². The summed E-state index contributed by atoms with van der Waals surface area (Å²) in [7, 11) is -0.751. The van der Waals surface area contributed by atoms with Gasteiger partial charge in [0.05, 0.1) is 30.3 Å². The molecule has 174 valence electrons. The number of amides is 1. The first-order chi connectivity index (χ1) is 15.8. The Bertz CT molecular complexity index is 1170. The predicted octanol–water partition coefficient (Wildman–Crippen LogP) is 4.41. The molecule has 3 aromatic rings. The molecule has 0 aromatic heterocycles. The second kappa shape index (κ2) is 10.4. The fourth-order valence-electron chi connectivity index (χ4n) is 3.25. The molecule has 3 rings (SSSR count). The fraction of sp³-hybridized carbons (Fsp3) is 0.240. The molecule has 0 aliphatic rings. The second-order valence-corrected chi connectivity index (χ2v) is 9.36. The monoisotopic (exact) mass is 468 g/mol. The number of hydrogen-bond acceptors (Lipinski definition) is 5. The van der Waals surface area contributed by atoms with Crippen molar-refractivity contribution in [2.75, 3.05) is 25.1 Å². The summed E-state index contributed by atoms with van der Waals surface area (Å²) in [6.07, 6.45) is 0. The van der Waals surface area contributed by atoms with E-state index in [0.29, 0.717) is 23.6 Å². The van der Waals surface area contributed by atoms with Crippen molar-refractivity contribution in [2.24, 2.45) is 0 Å². The summed E-state index contributed by atoms with van der Waals surface area (Å²) >= 11 is 0. The Balaban J connectivity index is 1.68. The molecule has 1 amide bonds. The Hall–Kier alpha value is -3.52.